The molecule has 13 aromatic carbocycles. The highest BCUT2D eigenvalue weighted by Crippen LogP contribution is 2.47. The smallest absolute Gasteiger partial charge is 0.266 e. The molecule has 0 amide bonds. The monoisotopic (exact) mass is 1660 g/mol. The third kappa shape index (κ3) is 14.7. The average molecular weight is 1660 g/mol. The van der Waals surface area contributed by atoms with Gasteiger partial charge in [-0.05, 0) is 272 Å². The van der Waals surface area contributed by atoms with E-state index in [0.29, 0.717) is 55.5 Å². The van der Waals surface area contributed by atoms with Crippen molar-refractivity contribution < 1.29 is 35.0 Å². The largest absolute Gasteiger partial charge is 0.508 e. The molecule has 5 heterocycles. The van der Waals surface area contributed by atoms with Crippen LogP contribution in [0.3, 0.4) is 0 Å². The molecule has 125 heavy (non-hydrogen) atoms. The lowest BCUT2D eigenvalue weighted by Gasteiger charge is -2.25. The van der Waals surface area contributed by atoms with E-state index in [9.17, 15) is 35.1 Å². The van der Waals surface area contributed by atoms with E-state index < -0.39 is 34.1 Å². The minimum atomic E-state index is -0.519. The fourth-order valence-corrected chi connectivity index (χ4v) is 18.9. The number of phenolic OH excluding ortho intramolecular Hbond substituents is 2. The molecular weight excluding hydrogens is 1560 g/mol. The molecule has 2 unspecified atom stereocenters. The molecule has 17 aromatic rings. The Morgan fingerprint density at radius 2 is 0.600 bits per heavy atom. The fraction of sp³-hybridized carbons (Fsp3) is 0.278. The van der Waals surface area contributed by atoms with E-state index in [1.165, 1.54) is 14.7 Å². The van der Waals surface area contributed by atoms with E-state index in [1.54, 1.807) is 24.3 Å². The molecule has 4 aromatic heterocycles. The molecule has 17 heteroatoms. The first-order chi connectivity index (χ1) is 59.9. The third-order valence-corrected chi connectivity index (χ3v) is 25.7. The second-order valence-electron chi connectivity index (χ2n) is 36.6. The number of nitrogens with zero attached hydrogens (tertiary/aromatic N) is 6. The van der Waals surface area contributed by atoms with Crippen LogP contribution in [-0.2, 0) is 4.74 Å². The summed E-state index contributed by atoms with van der Waals surface area (Å²) in [6.45, 7) is 30.9. The molecule has 0 bridgehead atoms. The summed E-state index contributed by atoms with van der Waals surface area (Å²) in [6.07, 6.45) is 4.26. The lowest BCUT2D eigenvalue weighted by atomic mass is 9.83. The van der Waals surface area contributed by atoms with Gasteiger partial charge in [0.15, 0.2) is 0 Å². The Kier molecular flexibility index (Phi) is 21.5. The Labute approximate surface area is 723 Å². The molecule has 0 radical (unpaired) electrons. The zero-order valence-electron chi connectivity index (χ0n) is 73.2. The van der Waals surface area contributed by atoms with Crippen molar-refractivity contribution in [1.29, 1.82) is 0 Å². The molecule has 0 saturated carbocycles. The summed E-state index contributed by atoms with van der Waals surface area (Å²) in [7, 11) is 0. The van der Waals surface area contributed by atoms with Gasteiger partial charge in [-0.25, -0.2) is 29.1 Å². The quantitative estimate of drug-likeness (QED) is 0.0420. The number of fused-ring (bicyclic) bond motifs is 12. The van der Waals surface area contributed by atoms with E-state index in [0.717, 1.165) is 138 Å². The van der Waals surface area contributed by atoms with Crippen LogP contribution >= 0.6 is 0 Å². The summed E-state index contributed by atoms with van der Waals surface area (Å²) in [6, 6.07) is 59.6. The minimum Gasteiger partial charge on any atom is -0.508 e. The van der Waals surface area contributed by atoms with Crippen molar-refractivity contribution in [2.24, 2.45) is 0 Å². The number of aromatic hydroxyl groups is 2. The molecule has 0 spiro atoms. The number of hydrogen-bond donors (Lipinski definition) is 5. The second kappa shape index (κ2) is 32.3. The predicted molar refractivity (Wildman–Crippen MR) is 508 cm³/mol. The van der Waals surface area contributed by atoms with Crippen LogP contribution in [0.2, 0.25) is 0 Å². The summed E-state index contributed by atoms with van der Waals surface area (Å²) in [4.78, 5) is 79.9. The first-order valence-electron chi connectivity index (χ1n) is 43.7. The molecule has 1 aliphatic heterocycles. The van der Waals surface area contributed by atoms with E-state index >= 15 is 9.59 Å². The molecule has 0 aliphatic carbocycles. The van der Waals surface area contributed by atoms with Crippen molar-refractivity contribution in [2.75, 3.05) is 33.0 Å². The van der Waals surface area contributed by atoms with Crippen LogP contribution in [0.4, 0.5) is 0 Å². The van der Waals surface area contributed by atoms with Gasteiger partial charge in [-0.15, -0.1) is 0 Å². The van der Waals surface area contributed by atoms with Gasteiger partial charge in [-0.1, -0.05) is 189 Å². The Balaban J connectivity index is 0.614. The van der Waals surface area contributed by atoms with Crippen molar-refractivity contribution in [3.05, 3.63) is 290 Å². The molecule has 1 aliphatic rings. The van der Waals surface area contributed by atoms with Crippen molar-refractivity contribution in [3.63, 3.8) is 0 Å². The molecule has 630 valence electrons. The van der Waals surface area contributed by atoms with Gasteiger partial charge in [0.25, 0.3) is 22.2 Å². The van der Waals surface area contributed by atoms with Crippen molar-refractivity contribution in [2.45, 2.75) is 163 Å². The van der Waals surface area contributed by atoms with Gasteiger partial charge in [0.2, 0.25) is 0 Å². The van der Waals surface area contributed by atoms with E-state index in [2.05, 4.69) is 121 Å². The topological polar surface area (TPSA) is 249 Å². The molecule has 18 rings (SSSR count). The van der Waals surface area contributed by atoms with Gasteiger partial charge in [-0.3, -0.25) is 19.2 Å². The molecule has 2 atom stereocenters. The minimum absolute atomic E-state index is 0.0565. The number of benzene rings is 12. The van der Waals surface area contributed by atoms with E-state index in [4.69, 9.17) is 29.4 Å². The Bertz CT molecular complexity index is 7380. The van der Waals surface area contributed by atoms with Crippen molar-refractivity contribution in [1.82, 2.24) is 29.1 Å². The van der Waals surface area contributed by atoms with Crippen molar-refractivity contribution >= 4 is 121 Å². The molecule has 0 saturated heterocycles. The lowest BCUT2D eigenvalue weighted by molar-refractivity contribution is 0.0915. The average Bonchev–Trinajstić information content (AvgIpc) is 1.57. The van der Waals surface area contributed by atoms with Crippen LogP contribution in [-0.4, -0.2) is 87.6 Å². The zero-order valence-corrected chi connectivity index (χ0v) is 73.2. The summed E-state index contributed by atoms with van der Waals surface area (Å²) in [5.41, 5.74) is 18.4. The Morgan fingerprint density at radius 3 is 0.920 bits per heavy atom. The highest BCUT2D eigenvalue weighted by atomic mass is 16.5. The summed E-state index contributed by atoms with van der Waals surface area (Å²) >= 11 is 0. The molecule has 5 N–H and O–H groups in total. The van der Waals surface area contributed by atoms with Gasteiger partial charge in [-0.2, -0.15) is 0 Å². The number of rotatable bonds is 21. The SMILES string of the molecule is CC(C)c1cc(O)cc(C(C)C)c1-c1ccc2cc3c(cc2c1)C=Cc1cc2cc(-c4c(C(C)C)cc(O)cc4C(C)COCC(CO)c4cc(C(C)C)c(-n5c(=O)c6cc7nc8cc9ccc%10cc%11nc%12cc%13c(=O)n(-c%14c(C(C)C)cc(C(CO)CO)cc%14C(C)C)c(=O)c%13cc%12nc%11cc%10ccc9cc8nc7cc6c5=O)c(C(C)C)c4)ccc2cc1O3. The molecular formula is C108H102N6O11. The predicted octanol–water partition coefficient (Wildman–Crippen LogP) is 23.1. The number of phenols is 2. The first-order valence-corrected chi connectivity index (χ1v) is 43.7. The highest BCUT2D eigenvalue weighted by molar-refractivity contribution is 6.05. The maximum atomic E-state index is 15.2. The number of hydrogen-bond acceptors (Lipinski definition) is 15. The normalized spacial score (nSPS) is 13.2. The lowest BCUT2D eigenvalue weighted by Crippen LogP contribution is -2.27. The summed E-state index contributed by atoms with van der Waals surface area (Å²) in [5.74, 6) is 0.737. The number of ether oxygens (including phenoxy) is 2. The number of aliphatic hydroxyl groups excluding tert-OH is 3. The Morgan fingerprint density at radius 1 is 0.312 bits per heavy atom. The summed E-state index contributed by atoms with van der Waals surface area (Å²) < 4.78 is 16.1. The van der Waals surface area contributed by atoms with Crippen LogP contribution in [0, 0.1) is 0 Å². The van der Waals surface area contributed by atoms with Gasteiger partial charge in [0, 0.05) is 28.9 Å². The van der Waals surface area contributed by atoms with Crippen molar-refractivity contribution in [3.8, 4) is 56.6 Å². The Hall–Kier alpha value is -12.9. The van der Waals surface area contributed by atoms with Gasteiger partial charge in [0.1, 0.15) is 23.0 Å². The maximum Gasteiger partial charge on any atom is 0.266 e. The fourth-order valence-electron chi connectivity index (χ4n) is 18.9. The third-order valence-electron chi connectivity index (χ3n) is 25.7. The van der Waals surface area contributed by atoms with E-state index in [-0.39, 0.29) is 113 Å². The van der Waals surface area contributed by atoms with Gasteiger partial charge >= 0.3 is 0 Å². The van der Waals surface area contributed by atoms with Crippen LogP contribution < -0.4 is 27.0 Å². The highest BCUT2D eigenvalue weighted by Gasteiger charge is 2.31. The maximum absolute atomic E-state index is 15.2. The van der Waals surface area contributed by atoms with E-state index in [1.807, 2.05) is 152 Å². The molecule has 17 nitrogen and oxygen atoms in total. The van der Waals surface area contributed by atoms with Crippen LogP contribution in [0.25, 0.3) is 155 Å². The first kappa shape index (κ1) is 83.0. The van der Waals surface area contributed by atoms with Crippen LogP contribution in [0.1, 0.15) is 230 Å². The standard InChI is InChI=1S/C108H102N6O11/c1-53(2)79-40-77(118)41-80(54(3)4)101(79)69-24-20-65-38-99-67(26-71(65)28-69)22-23-68-27-72-29-70(25-21-66(72)39-100(68)125-99)102-81(55(5)6)42-78(119)43-86(102)60(15)51-124-52-76(50-117)74-32-84(58(11)12)104(85(33-74)59(13)14)114-107(122)89-46-97-98(47-90(89)108(114)123)112-94-37-64-19-17-62-35-92-91(34-61(62)16-18-63(64)36-93(94)111-97)109-95-44-87-88(45-96(95)110-92)106(121)113(105(87)120)103-82(56(7)8)30-73(75(48-115)49-116)31-83(103)57(9)10/h16-47,53-60,75-76,115-119H,48-52H2,1-15H3. The second-order valence-corrected chi connectivity index (χ2v) is 36.6. The van der Waals surface area contributed by atoms with Gasteiger partial charge < -0.3 is 35.0 Å². The van der Waals surface area contributed by atoms with Crippen LogP contribution in [0.5, 0.6) is 23.0 Å². The zero-order chi connectivity index (χ0) is 87.9. The van der Waals surface area contributed by atoms with Crippen LogP contribution in [0.15, 0.2) is 201 Å². The molecule has 0 fully saturated rings. The van der Waals surface area contributed by atoms with Gasteiger partial charge in [0.05, 0.1) is 110 Å². The summed E-state index contributed by atoms with van der Waals surface area (Å²) in [5, 5.41) is 62.5. The number of aliphatic hydroxyl groups is 3. The number of aromatic nitrogens is 6.